The van der Waals surface area contributed by atoms with Crippen LogP contribution in [0.1, 0.15) is 28.9 Å². The number of benzene rings is 1. The van der Waals surface area contributed by atoms with Gasteiger partial charge in [-0.2, -0.15) is 18.3 Å². The molecule has 0 bridgehead atoms. The number of hydrogen-bond acceptors (Lipinski definition) is 3. The summed E-state index contributed by atoms with van der Waals surface area (Å²) in [6, 6.07) is 7.32. The summed E-state index contributed by atoms with van der Waals surface area (Å²) < 4.78 is 38.3. The zero-order chi connectivity index (χ0) is 18.0. The van der Waals surface area contributed by atoms with Crippen molar-refractivity contribution in [3.8, 4) is 0 Å². The minimum atomic E-state index is -4.54. The van der Waals surface area contributed by atoms with Crippen LogP contribution in [0.4, 0.5) is 18.9 Å². The Morgan fingerprint density at radius 1 is 1.16 bits per heavy atom. The molecule has 2 amide bonds. The predicted octanol–water partition coefficient (Wildman–Crippen LogP) is 2.43. The maximum Gasteiger partial charge on any atom is 0.435 e. The highest BCUT2D eigenvalue weighted by Crippen LogP contribution is 2.27. The van der Waals surface area contributed by atoms with E-state index in [0.717, 1.165) is 29.8 Å². The number of hydrogen-bond donors (Lipinski definition) is 2. The molecule has 0 aliphatic heterocycles. The lowest BCUT2D eigenvalue weighted by Gasteiger charge is -2.07. The molecule has 2 aromatic rings. The van der Waals surface area contributed by atoms with E-state index in [4.69, 9.17) is 0 Å². The minimum absolute atomic E-state index is 0.170. The molecular formula is C16H15F3N4O2. The number of nitrogens with one attached hydrogen (secondary N) is 2. The highest BCUT2D eigenvalue weighted by Gasteiger charge is 2.33. The molecule has 1 aromatic carbocycles. The van der Waals surface area contributed by atoms with Crippen molar-refractivity contribution in [1.29, 1.82) is 0 Å². The summed E-state index contributed by atoms with van der Waals surface area (Å²) in [4.78, 5) is 23.7. The second kappa shape index (κ2) is 6.58. The van der Waals surface area contributed by atoms with Gasteiger partial charge in [-0.25, -0.2) is 0 Å². The fourth-order valence-corrected chi connectivity index (χ4v) is 2.15. The Kier molecular flexibility index (Phi) is 4.47. The Balaban J connectivity index is 1.55. The molecule has 1 fully saturated rings. The molecule has 0 radical (unpaired) electrons. The van der Waals surface area contributed by atoms with Crippen LogP contribution in [0.25, 0.3) is 0 Å². The third-order valence-electron chi connectivity index (χ3n) is 3.58. The molecule has 1 aliphatic rings. The Hall–Kier alpha value is -2.84. The molecule has 25 heavy (non-hydrogen) atoms. The van der Waals surface area contributed by atoms with E-state index in [1.807, 2.05) is 0 Å². The van der Waals surface area contributed by atoms with Crippen LogP contribution < -0.4 is 10.6 Å². The number of carbonyl (C=O) groups excluding carboxylic acids is 2. The quantitative estimate of drug-likeness (QED) is 0.868. The Bertz CT molecular complexity index is 779. The van der Waals surface area contributed by atoms with E-state index in [9.17, 15) is 22.8 Å². The largest absolute Gasteiger partial charge is 0.435 e. The highest BCUT2D eigenvalue weighted by atomic mass is 19.4. The lowest BCUT2D eigenvalue weighted by Crippen LogP contribution is -2.25. The second-order valence-corrected chi connectivity index (χ2v) is 5.77. The fraction of sp³-hybridized carbons (Fsp3) is 0.312. The van der Waals surface area contributed by atoms with Crippen molar-refractivity contribution >= 4 is 17.5 Å². The molecule has 1 aromatic heterocycles. The van der Waals surface area contributed by atoms with Gasteiger partial charge in [0, 0.05) is 23.5 Å². The van der Waals surface area contributed by atoms with E-state index in [1.165, 1.54) is 0 Å². The van der Waals surface area contributed by atoms with Crippen LogP contribution in [-0.4, -0.2) is 27.6 Å². The molecule has 0 unspecified atom stereocenters. The zero-order valence-corrected chi connectivity index (χ0v) is 13.0. The van der Waals surface area contributed by atoms with Gasteiger partial charge < -0.3 is 10.6 Å². The normalized spacial score (nSPS) is 14.2. The van der Waals surface area contributed by atoms with Crippen LogP contribution in [0.2, 0.25) is 0 Å². The van der Waals surface area contributed by atoms with Gasteiger partial charge in [-0.15, -0.1) is 0 Å². The van der Waals surface area contributed by atoms with Gasteiger partial charge in [0.2, 0.25) is 5.91 Å². The van der Waals surface area contributed by atoms with Gasteiger partial charge in [0.1, 0.15) is 6.54 Å². The van der Waals surface area contributed by atoms with Crippen LogP contribution in [0.5, 0.6) is 0 Å². The molecule has 1 saturated carbocycles. The number of anilines is 1. The summed E-state index contributed by atoms with van der Waals surface area (Å²) in [6.07, 6.45) is -1.47. The van der Waals surface area contributed by atoms with E-state index in [0.29, 0.717) is 11.3 Å². The number of nitrogens with zero attached hydrogens (tertiary/aromatic N) is 2. The molecule has 6 nitrogen and oxygen atoms in total. The Labute approximate surface area is 141 Å². The molecule has 0 saturated heterocycles. The number of alkyl halides is 3. The lowest BCUT2D eigenvalue weighted by atomic mass is 10.2. The third kappa shape index (κ3) is 4.59. The molecule has 0 spiro atoms. The highest BCUT2D eigenvalue weighted by molar-refractivity contribution is 5.96. The molecular weight excluding hydrogens is 337 g/mol. The Morgan fingerprint density at radius 3 is 2.40 bits per heavy atom. The van der Waals surface area contributed by atoms with Crippen molar-refractivity contribution < 1.29 is 22.8 Å². The first-order chi connectivity index (χ1) is 11.8. The lowest BCUT2D eigenvalue weighted by molar-refractivity contribution is -0.141. The topological polar surface area (TPSA) is 76.0 Å². The standard InChI is InChI=1S/C16H15F3N4O2/c17-16(18,19)13-7-8-23(22-13)9-14(24)20-11-3-1-10(2-4-11)15(25)21-12-5-6-12/h1-4,7-8,12H,5-6,9H2,(H,20,24)(H,21,25). The van der Waals surface area contributed by atoms with E-state index < -0.39 is 17.8 Å². The molecule has 1 heterocycles. The van der Waals surface area contributed by atoms with E-state index >= 15 is 0 Å². The molecule has 1 aliphatic carbocycles. The molecule has 9 heteroatoms. The first-order valence-corrected chi connectivity index (χ1v) is 7.63. The van der Waals surface area contributed by atoms with Crippen molar-refractivity contribution in [2.75, 3.05) is 5.32 Å². The molecule has 0 atom stereocenters. The zero-order valence-electron chi connectivity index (χ0n) is 13.0. The minimum Gasteiger partial charge on any atom is -0.349 e. The maximum atomic E-state index is 12.5. The summed E-state index contributed by atoms with van der Waals surface area (Å²) in [7, 11) is 0. The van der Waals surface area contributed by atoms with Crippen molar-refractivity contribution in [1.82, 2.24) is 15.1 Å². The average Bonchev–Trinajstić information content (AvgIpc) is 3.21. The molecule has 2 N–H and O–H groups in total. The van der Waals surface area contributed by atoms with Crippen molar-refractivity contribution in [2.45, 2.75) is 31.6 Å². The van der Waals surface area contributed by atoms with Crippen LogP contribution >= 0.6 is 0 Å². The van der Waals surface area contributed by atoms with Gasteiger partial charge in [0.05, 0.1) is 0 Å². The summed E-state index contributed by atoms with van der Waals surface area (Å²) >= 11 is 0. The predicted molar refractivity (Wildman–Crippen MR) is 82.8 cm³/mol. The average molecular weight is 352 g/mol. The fourth-order valence-electron chi connectivity index (χ4n) is 2.15. The van der Waals surface area contributed by atoms with Crippen LogP contribution in [-0.2, 0) is 17.5 Å². The Morgan fingerprint density at radius 2 is 1.84 bits per heavy atom. The number of halogens is 3. The SMILES string of the molecule is O=C(Cn1ccc(C(F)(F)F)n1)Nc1ccc(C(=O)NC2CC2)cc1. The third-order valence-corrected chi connectivity index (χ3v) is 3.58. The maximum absolute atomic E-state index is 12.5. The number of aromatic nitrogens is 2. The van der Waals surface area contributed by atoms with Gasteiger partial charge in [0.25, 0.3) is 5.91 Å². The van der Waals surface area contributed by atoms with Gasteiger partial charge in [-0.3, -0.25) is 14.3 Å². The van der Waals surface area contributed by atoms with Gasteiger partial charge in [-0.05, 0) is 43.2 Å². The van der Waals surface area contributed by atoms with Gasteiger partial charge in [0.15, 0.2) is 5.69 Å². The first kappa shape index (κ1) is 17.0. The number of carbonyl (C=O) groups is 2. The van der Waals surface area contributed by atoms with E-state index in [2.05, 4.69) is 15.7 Å². The van der Waals surface area contributed by atoms with Crippen LogP contribution in [0.15, 0.2) is 36.5 Å². The molecule has 3 rings (SSSR count). The number of amides is 2. The second-order valence-electron chi connectivity index (χ2n) is 5.77. The molecule has 132 valence electrons. The smallest absolute Gasteiger partial charge is 0.349 e. The number of rotatable bonds is 5. The van der Waals surface area contributed by atoms with Gasteiger partial charge in [-0.1, -0.05) is 0 Å². The summed E-state index contributed by atoms with van der Waals surface area (Å²) in [5.74, 6) is -0.691. The van der Waals surface area contributed by atoms with Crippen LogP contribution in [0.3, 0.4) is 0 Å². The van der Waals surface area contributed by atoms with E-state index in [1.54, 1.807) is 24.3 Å². The van der Waals surface area contributed by atoms with Crippen molar-refractivity contribution in [3.63, 3.8) is 0 Å². The monoisotopic (exact) mass is 352 g/mol. The summed E-state index contributed by atoms with van der Waals surface area (Å²) in [6.45, 7) is -0.347. The summed E-state index contributed by atoms with van der Waals surface area (Å²) in [5.41, 5.74) is -0.130. The van der Waals surface area contributed by atoms with Crippen molar-refractivity contribution in [3.05, 3.63) is 47.8 Å². The first-order valence-electron chi connectivity index (χ1n) is 7.63. The van der Waals surface area contributed by atoms with Crippen molar-refractivity contribution in [2.24, 2.45) is 0 Å². The van der Waals surface area contributed by atoms with Crippen LogP contribution in [0, 0.1) is 0 Å². The van der Waals surface area contributed by atoms with Gasteiger partial charge >= 0.3 is 6.18 Å². The van der Waals surface area contributed by atoms with E-state index in [-0.39, 0.29) is 18.5 Å². The summed E-state index contributed by atoms with van der Waals surface area (Å²) in [5, 5.41) is 8.70.